The van der Waals surface area contributed by atoms with Crippen molar-refractivity contribution >= 4 is 47.2 Å². The third kappa shape index (κ3) is 3.82. The first-order valence-corrected chi connectivity index (χ1v) is 7.56. The molecule has 4 nitrogen and oxygen atoms in total. The monoisotopic (exact) mass is 349 g/mol. The lowest BCUT2D eigenvalue weighted by Crippen LogP contribution is -2.33. The van der Waals surface area contributed by atoms with Crippen LogP contribution >= 0.6 is 35.6 Å². The fraction of sp³-hybridized carbons (Fsp3) is 0.500. The molecule has 2 aliphatic rings. The number of carbonyl (C=O) groups is 1. The normalized spacial score (nSPS) is 24.5. The number of anilines is 1. The van der Waals surface area contributed by atoms with Crippen LogP contribution in [0.5, 0.6) is 0 Å². The second-order valence-corrected chi connectivity index (χ2v) is 6.31. The molecule has 0 aromatic heterocycles. The van der Waals surface area contributed by atoms with Crippen LogP contribution in [0.1, 0.15) is 0 Å². The third-order valence-electron chi connectivity index (χ3n) is 4.06. The van der Waals surface area contributed by atoms with Gasteiger partial charge in [0, 0.05) is 13.1 Å². The van der Waals surface area contributed by atoms with Crippen LogP contribution in [-0.4, -0.2) is 43.5 Å². The second kappa shape index (κ2) is 7.16. The van der Waals surface area contributed by atoms with Crippen LogP contribution in [-0.2, 0) is 4.79 Å². The highest BCUT2D eigenvalue weighted by Gasteiger charge is 2.36. The van der Waals surface area contributed by atoms with E-state index >= 15 is 0 Å². The molecule has 2 fully saturated rings. The van der Waals surface area contributed by atoms with Crippen molar-refractivity contribution in [3.05, 3.63) is 28.2 Å². The molecule has 3 rings (SSSR count). The molecule has 2 atom stereocenters. The number of hydrogen-bond donors (Lipinski definition) is 2. The zero-order valence-corrected chi connectivity index (χ0v) is 13.8. The van der Waals surface area contributed by atoms with Crippen LogP contribution in [0.15, 0.2) is 18.2 Å². The summed E-state index contributed by atoms with van der Waals surface area (Å²) < 4.78 is 0. The highest BCUT2D eigenvalue weighted by molar-refractivity contribution is 6.43. The van der Waals surface area contributed by atoms with Crippen LogP contribution in [0, 0.1) is 11.8 Å². The first-order valence-electron chi connectivity index (χ1n) is 6.80. The van der Waals surface area contributed by atoms with Crippen molar-refractivity contribution in [3.8, 4) is 0 Å². The van der Waals surface area contributed by atoms with Gasteiger partial charge in [-0.15, -0.1) is 12.4 Å². The van der Waals surface area contributed by atoms with E-state index in [-0.39, 0.29) is 18.3 Å². The lowest BCUT2D eigenvalue weighted by Gasteiger charge is -2.17. The van der Waals surface area contributed by atoms with Crippen LogP contribution in [0.4, 0.5) is 5.69 Å². The quantitative estimate of drug-likeness (QED) is 0.880. The van der Waals surface area contributed by atoms with E-state index in [1.54, 1.807) is 18.2 Å². The summed E-state index contributed by atoms with van der Waals surface area (Å²) in [6.45, 7) is 4.55. The average molecular weight is 351 g/mol. The first kappa shape index (κ1) is 16.8. The molecule has 1 aromatic rings. The Morgan fingerprint density at radius 2 is 1.95 bits per heavy atom. The molecule has 0 radical (unpaired) electrons. The van der Waals surface area contributed by atoms with Crippen molar-refractivity contribution in [2.45, 2.75) is 0 Å². The highest BCUT2D eigenvalue weighted by atomic mass is 35.5. The van der Waals surface area contributed by atoms with Gasteiger partial charge in [0.2, 0.25) is 5.91 Å². The number of nitrogens with zero attached hydrogens (tertiary/aromatic N) is 1. The molecule has 2 N–H and O–H groups in total. The molecule has 0 unspecified atom stereocenters. The van der Waals surface area contributed by atoms with Gasteiger partial charge < -0.3 is 10.6 Å². The van der Waals surface area contributed by atoms with Gasteiger partial charge in [0.1, 0.15) is 0 Å². The van der Waals surface area contributed by atoms with Crippen molar-refractivity contribution in [1.29, 1.82) is 0 Å². The highest BCUT2D eigenvalue weighted by Crippen LogP contribution is 2.30. The van der Waals surface area contributed by atoms with Crippen molar-refractivity contribution in [3.63, 3.8) is 0 Å². The van der Waals surface area contributed by atoms with Gasteiger partial charge in [-0.2, -0.15) is 0 Å². The van der Waals surface area contributed by atoms with Crippen molar-refractivity contribution in [2.24, 2.45) is 11.8 Å². The van der Waals surface area contributed by atoms with Gasteiger partial charge in [-0.25, -0.2) is 0 Å². The van der Waals surface area contributed by atoms with Crippen molar-refractivity contribution in [2.75, 3.05) is 38.0 Å². The lowest BCUT2D eigenvalue weighted by molar-refractivity contribution is -0.117. The van der Waals surface area contributed by atoms with Gasteiger partial charge in [0.15, 0.2) is 0 Å². The van der Waals surface area contributed by atoms with Gasteiger partial charge in [0.25, 0.3) is 0 Å². The number of benzene rings is 1. The molecule has 0 saturated carbocycles. The second-order valence-electron chi connectivity index (χ2n) is 5.52. The van der Waals surface area contributed by atoms with E-state index < -0.39 is 0 Å². The number of likely N-dealkylation sites (tertiary alicyclic amines) is 1. The smallest absolute Gasteiger partial charge is 0.238 e. The lowest BCUT2D eigenvalue weighted by atomic mass is 10.0. The van der Waals surface area contributed by atoms with Gasteiger partial charge >= 0.3 is 0 Å². The Morgan fingerprint density at radius 3 is 2.62 bits per heavy atom. The van der Waals surface area contributed by atoms with Crippen LogP contribution in [0.2, 0.25) is 10.0 Å². The zero-order chi connectivity index (χ0) is 14.1. The molecule has 7 heteroatoms. The van der Waals surface area contributed by atoms with Crippen LogP contribution in [0.25, 0.3) is 0 Å². The summed E-state index contributed by atoms with van der Waals surface area (Å²) in [4.78, 5) is 14.3. The summed E-state index contributed by atoms with van der Waals surface area (Å²) in [5.41, 5.74) is 0.574. The van der Waals surface area contributed by atoms with E-state index in [1.807, 2.05) is 0 Å². The number of nitrogens with one attached hydrogen (secondary N) is 2. The van der Waals surface area contributed by atoms with E-state index in [1.165, 1.54) is 0 Å². The first-order chi connectivity index (χ1) is 9.63. The summed E-state index contributed by atoms with van der Waals surface area (Å²) in [5, 5.41) is 7.07. The molecule has 0 aliphatic carbocycles. The maximum absolute atomic E-state index is 12.1. The number of halogens is 3. The predicted molar refractivity (Wildman–Crippen MR) is 88.6 cm³/mol. The largest absolute Gasteiger partial charge is 0.324 e. The van der Waals surface area contributed by atoms with Crippen LogP contribution < -0.4 is 10.6 Å². The summed E-state index contributed by atoms with van der Waals surface area (Å²) >= 11 is 12.0. The Balaban J connectivity index is 0.00000161. The molecule has 116 valence electrons. The summed E-state index contributed by atoms with van der Waals surface area (Å²) in [6, 6.07) is 5.23. The molecular formula is C14H18Cl3N3O. The molecule has 0 spiro atoms. The van der Waals surface area contributed by atoms with E-state index in [0.717, 1.165) is 26.2 Å². The molecule has 0 bridgehead atoms. The minimum Gasteiger partial charge on any atom is -0.324 e. The molecule has 2 aliphatic heterocycles. The van der Waals surface area contributed by atoms with Gasteiger partial charge in [-0.05, 0) is 37.1 Å². The van der Waals surface area contributed by atoms with Gasteiger partial charge in [0.05, 0.1) is 22.3 Å². The average Bonchev–Trinajstić information content (AvgIpc) is 2.95. The SMILES string of the molecule is Cl.O=C(CN1C[C@H]2CNC[C@H]2C1)Nc1cccc(Cl)c1Cl. The Hall–Kier alpha value is -0.520. The topological polar surface area (TPSA) is 44.4 Å². The fourth-order valence-electron chi connectivity index (χ4n) is 3.07. The minimum atomic E-state index is -0.0397. The van der Waals surface area contributed by atoms with E-state index in [4.69, 9.17) is 23.2 Å². The Bertz CT molecular complexity index is 514. The molecule has 2 saturated heterocycles. The molecule has 1 amide bonds. The summed E-state index contributed by atoms with van der Waals surface area (Å²) in [5.74, 6) is 1.34. The number of fused-ring (bicyclic) bond motifs is 1. The number of carbonyl (C=O) groups excluding carboxylic acids is 1. The van der Waals surface area contributed by atoms with Gasteiger partial charge in [-0.1, -0.05) is 29.3 Å². The summed E-state index contributed by atoms with van der Waals surface area (Å²) in [7, 11) is 0. The molecular weight excluding hydrogens is 333 g/mol. The van der Waals surface area contributed by atoms with E-state index in [9.17, 15) is 4.79 Å². The van der Waals surface area contributed by atoms with E-state index in [0.29, 0.717) is 34.1 Å². The number of rotatable bonds is 3. The minimum absolute atomic E-state index is 0. The maximum Gasteiger partial charge on any atom is 0.238 e. The predicted octanol–water partition coefficient (Wildman–Crippen LogP) is 2.50. The van der Waals surface area contributed by atoms with Crippen molar-refractivity contribution < 1.29 is 4.79 Å². The number of amides is 1. The van der Waals surface area contributed by atoms with E-state index in [2.05, 4.69) is 15.5 Å². The van der Waals surface area contributed by atoms with Crippen LogP contribution in [0.3, 0.4) is 0 Å². The molecule has 2 heterocycles. The Morgan fingerprint density at radius 1 is 1.29 bits per heavy atom. The Kier molecular flexibility index (Phi) is 5.74. The molecule has 21 heavy (non-hydrogen) atoms. The van der Waals surface area contributed by atoms with Crippen molar-refractivity contribution in [1.82, 2.24) is 10.2 Å². The standard InChI is InChI=1S/C14H17Cl2N3O.ClH/c15-11-2-1-3-12(14(11)16)18-13(20)8-19-6-9-4-17-5-10(9)7-19;/h1-3,9-10,17H,4-8H2,(H,18,20);1H/t9-,10+;. The molecule has 1 aromatic carbocycles. The third-order valence-corrected chi connectivity index (χ3v) is 4.88. The maximum atomic E-state index is 12.1. The fourth-order valence-corrected chi connectivity index (χ4v) is 3.42. The zero-order valence-electron chi connectivity index (χ0n) is 11.4. The number of hydrogen-bond acceptors (Lipinski definition) is 3. The van der Waals surface area contributed by atoms with Gasteiger partial charge in [-0.3, -0.25) is 9.69 Å². The summed E-state index contributed by atoms with van der Waals surface area (Å²) in [6.07, 6.45) is 0. The Labute approximate surface area is 140 Å².